The molecule has 2 rings (SSSR count). The second-order valence-electron chi connectivity index (χ2n) is 6.16. The molecule has 1 aromatic heterocycles. The summed E-state index contributed by atoms with van der Waals surface area (Å²) in [5.41, 5.74) is 4.76. The molecule has 1 aliphatic rings. The molecule has 1 amide bonds. The fraction of sp³-hybridized carbons (Fsp3) is 0.714. The third-order valence-corrected chi connectivity index (χ3v) is 3.75. The van der Waals surface area contributed by atoms with E-state index >= 15 is 0 Å². The number of aromatic nitrogens is 2. The molecule has 0 unspecified atom stereocenters. The number of rotatable bonds is 5. The molecule has 1 saturated carbocycles. The number of carbonyl (C=O) groups is 1. The fourth-order valence-corrected chi connectivity index (χ4v) is 2.64. The van der Waals surface area contributed by atoms with E-state index in [9.17, 15) is 13.6 Å². The number of hydrogen-bond acceptors (Lipinski definition) is 3. The molecule has 0 saturated heterocycles. The normalized spacial score (nSPS) is 17.7. The van der Waals surface area contributed by atoms with Crippen LogP contribution in [0.4, 0.5) is 14.5 Å². The van der Waals surface area contributed by atoms with Crippen molar-refractivity contribution in [1.82, 2.24) is 9.78 Å². The topological polar surface area (TPSA) is 72.9 Å². The average Bonchev–Trinajstić information content (AvgIpc) is 2.96. The first-order chi connectivity index (χ1) is 9.82. The Hall–Kier alpha value is -1.50. The van der Waals surface area contributed by atoms with E-state index < -0.39 is 23.6 Å². The molecule has 1 aromatic rings. The van der Waals surface area contributed by atoms with Gasteiger partial charge in [-0.15, -0.1) is 0 Å². The van der Waals surface area contributed by atoms with Gasteiger partial charge in [-0.25, -0.2) is 8.78 Å². The van der Waals surface area contributed by atoms with Gasteiger partial charge in [0.1, 0.15) is 0 Å². The highest BCUT2D eigenvalue weighted by Crippen LogP contribution is 2.31. The molecule has 0 bridgehead atoms. The summed E-state index contributed by atoms with van der Waals surface area (Å²) in [6.07, 6.45) is 1.67. The van der Waals surface area contributed by atoms with Gasteiger partial charge >= 0.3 is 0 Å². The fourth-order valence-electron chi connectivity index (χ4n) is 2.64. The minimum atomic E-state index is -2.73. The van der Waals surface area contributed by atoms with Gasteiger partial charge in [-0.3, -0.25) is 9.48 Å². The average molecular weight is 300 g/mol. The highest BCUT2D eigenvalue weighted by molar-refractivity contribution is 5.98. The van der Waals surface area contributed by atoms with E-state index in [0.29, 0.717) is 19.4 Å². The number of nitrogens with one attached hydrogen (secondary N) is 1. The number of nitrogens with zero attached hydrogens (tertiary/aromatic N) is 2. The van der Waals surface area contributed by atoms with Gasteiger partial charge in [0.15, 0.2) is 5.69 Å². The van der Waals surface area contributed by atoms with Gasteiger partial charge in [-0.05, 0) is 18.8 Å². The number of hydrogen-bond donors (Lipinski definition) is 2. The summed E-state index contributed by atoms with van der Waals surface area (Å²) in [5, 5.41) is 6.40. The number of amides is 1. The molecule has 0 spiro atoms. The van der Waals surface area contributed by atoms with Crippen molar-refractivity contribution in [1.29, 1.82) is 0 Å². The lowest BCUT2D eigenvalue weighted by molar-refractivity contribution is -0.121. The molecule has 0 atom stereocenters. The predicted molar refractivity (Wildman–Crippen MR) is 76.0 cm³/mol. The first-order valence-electron chi connectivity index (χ1n) is 7.27. The van der Waals surface area contributed by atoms with Crippen molar-refractivity contribution in [3.63, 3.8) is 0 Å². The molecule has 0 radical (unpaired) electrons. The molecular formula is C14H22F2N4O. The molecule has 0 aliphatic heterocycles. The smallest absolute Gasteiger partial charge is 0.284 e. The van der Waals surface area contributed by atoms with Gasteiger partial charge in [0.05, 0.1) is 11.2 Å². The first kappa shape index (κ1) is 15.9. The Balaban J connectivity index is 2.18. The number of anilines is 1. The summed E-state index contributed by atoms with van der Waals surface area (Å²) in [6, 6.07) is 0. The van der Waals surface area contributed by atoms with Crippen LogP contribution in [0.3, 0.4) is 0 Å². The van der Waals surface area contributed by atoms with Gasteiger partial charge in [-0.1, -0.05) is 26.7 Å². The SMILES string of the molecule is CC(C)Cn1cc(NC(=O)C2(N)CCCC2)c(C(F)F)n1. The molecule has 5 nitrogen and oxygen atoms in total. The summed E-state index contributed by atoms with van der Waals surface area (Å²) >= 11 is 0. The van der Waals surface area contributed by atoms with E-state index in [0.717, 1.165) is 12.8 Å². The lowest BCUT2D eigenvalue weighted by Gasteiger charge is -2.22. The lowest BCUT2D eigenvalue weighted by Crippen LogP contribution is -2.48. The molecule has 118 valence electrons. The van der Waals surface area contributed by atoms with Crippen LogP contribution in [0.25, 0.3) is 0 Å². The van der Waals surface area contributed by atoms with E-state index in [1.54, 1.807) is 0 Å². The van der Waals surface area contributed by atoms with Crippen molar-refractivity contribution in [3.8, 4) is 0 Å². The van der Waals surface area contributed by atoms with Crippen LogP contribution in [-0.2, 0) is 11.3 Å². The Morgan fingerprint density at radius 1 is 1.48 bits per heavy atom. The summed E-state index contributed by atoms with van der Waals surface area (Å²) in [7, 11) is 0. The second-order valence-corrected chi connectivity index (χ2v) is 6.16. The zero-order chi connectivity index (χ0) is 15.6. The molecule has 1 heterocycles. The zero-order valence-corrected chi connectivity index (χ0v) is 12.4. The number of alkyl halides is 2. The van der Waals surface area contributed by atoms with Crippen molar-refractivity contribution in [2.24, 2.45) is 11.7 Å². The molecule has 21 heavy (non-hydrogen) atoms. The van der Waals surface area contributed by atoms with Crippen molar-refractivity contribution in [3.05, 3.63) is 11.9 Å². The quantitative estimate of drug-likeness (QED) is 0.878. The maximum absolute atomic E-state index is 13.0. The van der Waals surface area contributed by atoms with Crippen LogP contribution >= 0.6 is 0 Å². The molecular weight excluding hydrogens is 278 g/mol. The van der Waals surface area contributed by atoms with Crippen LogP contribution in [0.2, 0.25) is 0 Å². The van der Waals surface area contributed by atoms with Crippen LogP contribution < -0.4 is 11.1 Å². The minimum Gasteiger partial charge on any atom is -0.321 e. The van der Waals surface area contributed by atoms with Crippen molar-refractivity contribution in [2.45, 2.75) is 58.0 Å². The lowest BCUT2D eigenvalue weighted by atomic mass is 9.98. The summed E-state index contributed by atoms with van der Waals surface area (Å²) in [5.74, 6) is -0.124. The molecule has 1 aliphatic carbocycles. The summed E-state index contributed by atoms with van der Waals surface area (Å²) < 4.78 is 27.5. The first-order valence-corrected chi connectivity index (χ1v) is 7.27. The Labute approximate surface area is 122 Å². The standard InChI is InChI=1S/C14H22F2N4O/c1-9(2)7-20-8-10(11(19-20)12(15)16)18-13(21)14(17)5-3-4-6-14/h8-9,12H,3-7,17H2,1-2H3,(H,18,21). The monoisotopic (exact) mass is 300 g/mol. The van der Waals surface area contributed by atoms with Crippen LogP contribution in [0, 0.1) is 5.92 Å². The van der Waals surface area contributed by atoms with Crippen molar-refractivity contribution in [2.75, 3.05) is 5.32 Å². The van der Waals surface area contributed by atoms with Gasteiger partial charge in [0.2, 0.25) is 5.91 Å². The number of carbonyl (C=O) groups excluding carboxylic acids is 1. The van der Waals surface area contributed by atoms with E-state index in [1.807, 2.05) is 13.8 Å². The van der Waals surface area contributed by atoms with Crippen molar-refractivity contribution >= 4 is 11.6 Å². The predicted octanol–water partition coefficient (Wildman–Crippen LogP) is 2.69. The third kappa shape index (κ3) is 3.58. The van der Waals surface area contributed by atoms with E-state index in [1.165, 1.54) is 10.9 Å². The number of nitrogens with two attached hydrogens (primary N) is 1. The maximum Gasteiger partial charge on any atom is 0.284 e. The highest BCUT2D eigenvalue weighted by Gasteiger charge is 2.37. The number of halogens is 2. The second kappa shape index (κ2) is 6.09. The molecule has 1 fully saturated rings. The Kier molecular flexibility index (Phi) is 4.61. The van der Waals surface area contributed by atoms with E-state index in [-0.39, 0.29) is 11.6 Å². The van der Waals surface area contributed by atoms with Crippen LogP contribution in [0.5, 0.6) is 0 Å². The zero-order valence-electron chi connectivity index (χ0n) is 12.4. The van der Waals surface area contributed by atoms with Crippen molar-refractivity contribution < 1.29 is 13.6 Å². The van der Waals surface area contributed by atoms with Crippen LogP contribution in [0.1, 0.15) is 51.7 Å². The highest BCUT2D eigenvalue weighted by atomic mass is 19.3. The Morgan fingerprint density at radius 2 is 2.10 bits per heavy atom. The van der Waals surface area contributed by atoms with Crippen LogP contribution in [-0.4, -0.2) is 21.2 Å². The third-order valence-electron chi connectivity index (χ3n) is 3.75. The minimum absolute atomic E-state index is 0.0624. The van der Waals surface area contributed by atoms with E-state index in [2.05, 4.69) is 10.4 Å². The molecule has 3 N–H and O–H groups in total. The van der Waals surface area contributed by atoms with E-state index in [4.69, 9.17) is 5.73 Å². The van der Waals surface area contributed by atoms with Crippen LogP contribution in [0.15, 0.2) is 6.20 Å². The molecule has 7 heteroatoms. The summed E-state index contributed by atoms with van der Waals surface area (Å²) in [6.45, 7) is 4.45. The Bertz CT molecular complexity index is 507. The Morgan fingerprint density at radius 3 is 2.62 bits per heavy atom. The van der Waals surface area contributed by atoms with Gasteiger partial charge in [-0.2, -0.15) is 5.10 Å². The molecule has 0 aromatic carbocycles. The largest absolute Gasteiger partial charge is 0.321 e. The van der Waals surface area contributed by atoms with Gasteiger partial charge in [0.25, 0.3) is 6.43 Å². The van der Waals surface area contributed by atoms with Gasteiger partial charge in [0, 0.05) is 12.7 Å². The maximum atomic E-state index is 13.0. The summed E-state index contributed by atoms with van der Waals surface area (Å²) in [4.78, 5) is 12.2. The van der Waals surface area contributed by atoms with Gasteiger partial charge < -0.3 is 11.1 Å².